The highest BCUT2D eigenvalue weighted by molar-refractivity contribution is 7.99. The number of benzene rings is 2. The number of hydrogen-bond acceptors (Lipinski definition) is 7. The van der Waals surface area contributed by atoms with E-state index >= 15 is 0 Å². The molecule has 0 fully saturated rings. The van der Waals surface area contributed by atoms with Crippen LogP contribution in [-0.2, 0) is 17.9 Å². The molecule has 0 spiro atoms. The Labute approximate surface area is 187 Å². The van der Waals surface area contributed by atoms with Crippen LogP contribution in [-0.4, -0.2) is 31.3 Å². The Morgan fingerprint density at radius 1 is 1.29 bits per heavy atom. The molecule has 3 rings (SSSR count). The first-order valence-electron chi connectivity index (χ1n) is 9.36. The lowest BCUT2D eigenvalue weighted by atomic mass is 10.2. The zero-order valence-electron chi connectivity index (χ0n) is 16.9. The van der Waals surface area contributed by atoms with Crippen LogP contribution < -0.4 is 10.1 Å². The van der Waals surface area contributed by atoms with Gasteiger partial charge in [0, 0.05) is 17.6 Å². The third kappa shape index (κ3) is 5.74. The van der Waals surface area contributed by atoms with Crippen LogP contribution in [0.4, 0.5) is 11.4 Å². The molecule has 9 nitrogen and oxygen atoms in total. The summed E-state index contributed by atoms with van der Waals surface area (Å²) in [7, 11) is 0. The first kappa shape index (κ1) is 22.6. The van der Waals surface area contributed by atoms with Crippen LogP contribution in [0.25, 0.3) is 0 Å². The molecule has 162 valence electrons. The maximum atomic E-state index is 12.3. The Morgan fingerprint density at radius 3 is 2.77 bits per heavy atom. The highest BCUT2D eigenvalue weighted by atomic mass is 35.5. The third-order valence-electron chi connectivity index (χ3n) is 4.31. The van der Waals surface area contributed by atoms with Gasteiger partial charge >= 0.3 is 0 Å². The average Bonchev–Trinajstić information content (AvgIpc) is 3.15. The van der Waals surface area contributed by atoms with Gasteiger partial charge in [-0.15, -0.1) is 10.2 Å². The maximum absolute atomic E-state index is 12.3. The van der Waals surface area contributed by atoms with Crippen molar-refractivity contribution in [1.29, 1.82) is 0 Å². The molecule has 0 atom stereocenters. The van der Waals surface area contributed by atoms with Crippen LogP contribution in [0.3, 0.4) is 0 Å². The van der Waals surface area contributed by atoms with Crippen molar-refractivity contribution in [2.75, 3.05) is 11.1 Å². The third-order valence-corrected chi connectivity index (χ3v) is 5.71. The van der Waals surface area contributed by atoms with Crippen LogP contribution in [0.1, 0.15) is 18.3 Å². The summed E-state index contributed by atoms with van der Waals surface area (Å²) < 4.78 is 7.64. The van der Waals surface area contributed by atoms with Gasteiger partial charge in [0.1, 0.15) is 18.0 Å². The largest absolute Gasteiger partial charge is 0.486 e. The van der Waals surface area contributed by atoms with Crippen molar-refractivity contribution < 1.29 is 14.5 Å². The molecule has 11 heteroatoms. The van der Waals surface area contributed by atoms with E-state index in [4.69, 9.17) is 16.3 Å². The lowest BCUT2D eigenvalue weighted by Crippen LogP contribution is -2.15. The van der Waals surface area contributed by atoms with Crippen molar-refractivity contribution in [3.8, 4) is 5.75 Å². The summed E-state index contributed by atoms with van der Waals surface area (Å²) >= 11 is 7.23. The lowest BCUT2D eigenvalue weighted by Gasteiger charge is -2.10. The van der Waals surface area contributed by atoms with E-state index in [1.54, 1.807) is 24.3 Å². The molecular weight excluding hydrogens is 442 g/mol. The van der Waals surface area contributed by atoms with Crippen molar-refractivity contribution in [3.63, 3.8) is 0 Å². The first-order valence-corrected chi connectivity index (χ1v) is 10.7. The first-order chi connectivity index (χ1) is 14.9. The predicted molar refractivity (Wildman–Crippen MR) is 119 cm³/mol. The van der Waals surface area contributed by atoms with Gasteiger partial charge in [-0.25, -0.2) is 0 Å². The zero-order valence-corrected chi connectivity index (χ0v) is 18.4. The van der Waals surface area contributed by atoms with Gasteiger partial charge in [-0.1, -0.05) is 35.5 Å². The number of amides is 1. The number of nitro benzene ring substituents is 1. The quantitative estimate of drug-likeness (QED) is 0.284. The van der Waals surface area contributed by atoms with E-state index in [2.05, 4.69) is 15.5 Å². The van der Waals surface area contributed by atoms with Crippen molar-refractivity contribution in [2.24, 2.45) is 0 Å². The van der Waals surface area contributed by atoms with E-state index in [0.717, 1.165) is 5.56 Å². The number of hydrogen-bond donors (Lipinski definition) is 1. The molecule has 2 aromatic carbocycles. The summed E-state index contributed by atoms with van der Waals surface area (Å²) in [6, 6.07) is 11.4. The molecule has 0 radical (unpaired) electrons. The minimum atomic E-state index is -0.537. The van der Waals surface area contributed by atoms with Crippen LogP contribution >= 0.6 is 23.4 Å². The molecule has 1 heterocycles. The summed E-state index contributed by atoms with van der Waals surface area (Å²) in [6.07, 6.45) is 0. The number of rotatable bonds is 9. The van der Waals surface area contributed by atoms with E-state index in [1.807, 2.05) is 24.5 Å². The van der Waals surface area contributed by atoms with Gasteiger partial charge in [-0.3, -0.25) is 14.9 Å². The number of anilines is 1. The number of nitrogens with one attached hydrogen (secondary N) is 1. The monoisotopic (exact) mass is 461 g/mol. The summed E-state index contributed by atoms with van der Waals surface area (Å²) in [5.74, 6) is 0.947. The van der Waals surface area contributed by atoms with Crippen molar-refractivity contribution in [1.82, 2.24) is 14.8 Å². The Hall–Kier alpha value is -3.11. The van der Waals surface area contributed by atoms with E-state index in [0.29, 0.717) is 28.3 Å². The number of carbonyl (C=O) groups is 1. The summed E-state index contributed by atoms with van der Waals surface area (Å²) in [5.41, 5.74) is 0.911. The molecule has 0 unspecified atom stereocenters. The molecule has 3 aromatic rings. The lowest BCUT2D eigenvalue weighted by molar-refractivity contribution is -0.383. The number of aryl methyl sites for hydroxylation is 1. The van der Waals surface area contributed by atoms with Gasteiger partial charge in [0.15, 0.2) is 11.0 Å². The molecule has 31 heavy (non-hydrogen) atoms. The molecule has 1 N–H and O–H groups in total. The number of thioether (sulfide) groups is 1. The van der Waals surface area contributed by atoms with Gasteiger partial charge in [0.2, 0.25) is 5.91 Å². The van der Waals surface area contributed by atoms with Crippen molar-refractivity contribution in [3.05, 3.63) is 69.0 Å². The number of nitrogens with zero attached hydrogens (tertiary/aromatic N) is 4. The number of ether oxygens (including phenoxy) is 1. The Morgan fingerprint density at radius 2 is 2.06 bits per heavy atom. The van der Waals surface area contributed by atoms with E-state index in [1.165, 1.54) is 23.9 Å². The van der Waals surface area contributed by atoms with Crippen LogP contribution in [0, 0.1) is 17.0 Å². The fourth-order valence-electron chi connectivity index (χ4n) is 2.76. The topological polar surface area (TPSA) is 112 Å². The standard InChI is InChI=1S/C20H20ClN5O4S/c1-3-25-18(11-30-14-8-9-15(21)13(2)10-14)23-24-20(25)31-12-19(27)22-16-6-4-5-7-17(16)26(28)29/h4-10H,3,11-12H2,1-2H3,(H,22,27). The second-order valence-electron chi connectivity index (χ2n) is 6.45. The van der Waals surface area contributed by atoms with Crippen LogP contribution in [0.15, 0.2) is 47.6 Å². The van der Waals surface area contributed by atoms with E-state index < -0.39 is 4.92 Å². The van der Waals surface area contributed by atoms with Gasteiger partial charge in [0.25, 0.3) is 5.69 Å². The molecule has 0 saturated carbocycles. The minimum absolute atomic E-state index is 0.0292. The average molecular weight is 462 g/mol. The number of halogens is 1. The molecular formula is C20H20ClN5O4S. The highest BCUT2D eigenvalue weighted by Crippen LogP contribution is 2.25. The molecule has 0 aliphatic heterocycles. The number of nitro groups is 1. The molecule has 1 amide bonds. The Balaban J connectivity index is 1.61. The van der Waals surface area contributed by atoms with E-state index in [-0.39, 0.29) is 29.6 Å². The smallest absolute Gasteiger partial charge is 0.292 e. The number of para-hydroxylation sites is 2. The number of aromatic nitrogens is 3. The predicted octanol–water partition coefficient (Wildman–Crippen LogP) is 4.48. The summed E-state index contributed by atoms with van der Waals surface area (Å²) in [6.45, 7) is 4.65. The highest BCUT2D eigenvalue weighted by Gasteiger charge is 2.17. The molecule has 0 aliphatic carbocycles. The van der Waals surface area contributed by atoms with Crippen LogP contribution in [0.5, 0.6) is 5.75 Å². The molecule has 0 saturated heterocycles. The second kappa shape index (κ2) is 10.3. The van der Waals surface area contributed by atoms with Gasteiger partial charge in [-0.2, -0.15) is 0 Å². The summed E-state index contributed by atoms with van der Waals surface area (Å²) in [4.78, 5) is 22.8. The second-order valence-corrected chi connectivity index (χ2v) is 7.80. The van der Waals surface area contributed by atoms with Gasteiger partial charge < -0.3 is 14.6 Å². The minimum Gasteiger partial charge on any atom is -0.486 e. The van der Waals surface area contributed by atoms with Crippen molar-refractivity contribution in [2.45, 2.75) is 32.2 Å². The van der Waals surface area contributed by atoms with Crippen molar-refractivity contribution >= 4 is 40.6 Å². The maximum Gasteiger partial charge on any atom is 0.292 e. The fourth-order valence-corrected chi connectivity index (χ4v) is 3.70. The SMILES string of the molecule is CCn1c(COc2ccc(Cl)c(C)c2)nnc1SCC(=O)Nc1ccccc1[N+](=O)[O-]. The molecule has 1 aromatic heterocycles. The zero-order chi connectivity index (χ0) is 22.4. The fraction of sp³-hybridized carbons (Fsp3) is 0.250. The normalized spacial score (nSPS) is 10.7. The summed E-state index contributed by atoms with van der Waals surface area (Å²) in [5, 5.41) is 23.2. The Bertz CT molecular complexity index is 1100. The molecule has 0 bridgehead atoms. The van der Waals surface area contributed by atoms with Gasteiger partial charge in [-0.05, 0) is 43.7 Å². The van der Waals surface area contributed by atoms with E-state index in [9.17, 15) is 14.9 Å². The van der Waals surface area contributed by atoms with Crippen LogP contribution in [0.2, 0.25) is 5.02 Å². The molecule has 0 aliphatic rings. The number of carbonyl (C=O) groups excluding carboxylic acids is 1. The Kier molecular flexibility index (Phi) is 7.48. The van der Waals surface area contributed by atoms with Gasteiger partial charge in [0.05, 0.1) is 10.7 Å².